The lowest BCUT2D eigenvalue weighted by Crippen LogP contribution is -2.15. The molecule has 0 atom stereocenters. The summed E-state index contributed by atoms with van der Waals surface area (Å²) in [5.41, 5.74) is 1.23. The van der Waals surface area contributed by atoms with Gasteiger partial charge in [0.2, 0.25) is 5.91 Å². The van der Waals surface area contributed by atoms with Crippen LogP contribution in [0.3, 0.4) is 0 Å². The summed E-state index contributed by atoms with van der Waals surface area (Å²) >= 11 is 13.5. The molecule has 0 bridgehead atoms. The normalized spacial score (nSPS) is 11.3. The highest BCUT2D eigenvalue weighted by atomic mass is 35.5. The van der Waals surface area contributed by atoms with Crippen molar-refractivity contribution in [3.05, 3.63) is 58.1 Å². The zero-order chi connectivity index (χ0) is 17.7. The largest absolute Gasteiger partial charge is 0.324 e. The first-order valence-electron chi connectivity index (χ1n) is 6.88. The molecule has 0 radical (unpaired) electrons. The molecule has 0 heterocycles. The lowest BCUT2D eigenvalue weighted by Gasteiger charge is -2.09. The van der Waals surface area contributed by atoms with Crippen molar-refractivity contribution in [2.24, 2.45) is 0 Å². The maximum absolute atomic E-state index is 12.0. The van der Waals surface area contributed by atoms with E-state index in [-0.39, 0.29) is 27.3 Å². The zero-order valence-electron chi connectivity index (χ0n) is 12.8. The van der Waals surface area contributed by atoms with E-state index in [0.717, 1.165) is 11.8 Å². The fraction of sp³-hybridized carbons (Fsp3) is 0.188. The van der Waals surface area contributed by atoms with E-state index in [1.165, 1.54) is 30.0 Å². The molecular weight excluding hydrogens is 389 g/mol. The molecule has 128 valence electrons. The van der Waals surface area contributed by atoms with E-state index in [2.05, 4.69) is 5.32 Å². The quantitative estimate of drug-likeness (QED) is 0.781. The number of amides is 1. The summed E-state index contributed by atoms with van der Waals surface area (Å²) < 4.78 is 23.1. The first-order chi connectivity index (χ1) is 11.3. The maximum Gasteiger partial charge on any atom is 0.234 e. The summed E-state index contributed by atoms with van der Waals surface area (Å²) in [6.45, 7) is 0. The molecule has 2 rings (SSSR count). The van der Waals surface area contributed by atoms with E-state index in [1.807, 2.05) is 18.2 Å². The smallest absolute Gasteiger partial charge is 0.234 e. The van der Waals surface area contributed by atoms with Crippen molar-refractivity contribution >= 4 is 56.4 Å². The number of rotatable bonds is 6. The van der Waals surface area contributed by atoms with Gasteiger partial charge in [-0.2, -0.15) is 0 Å². The van der Waals surface area contributed by atoms with E-state index in [4.69, 9.17) is 23.2 Å². The Morgan fingerprint density at radius 2 is 1.83 bits per heavy atom. The molecule has 2 aromatic rings. The topological polar surface area (TPSA) is 63.2 Å². The van der Waals surface area contributed by atoms with Gasteiger partial charge in [-0.3, -0.25) is 4.79 Å². The molecule has 8 heteroatoms. The summed E-state index contributed by atoms with van der Waals surface area (Å²) in [6, 6.07) is 11.6. The van der Waals surface area contributed by atoms with Crippen LogP contribution in [0.15, 0.2) is 47.4 Å². The first-order valence-corrected chi connectivity index (χ1v) is 10.7. The van der Waals surface area contributed by atoms with E-state index >= 15 is 0 Å². The van der Waals surface area contributed by atoms with Gasteiger partial charge in [0, 0.05) is 17.0 Å². The Labute approximate surface area is 155 Å². The molecule has 0 unspecified atom stereocenters. The summed E-state index contributed by atoms with van der Waals surface area (Å²) in [4.78, 5) is 12.1. The number of carbonyl (C=O) groups excluding carboxylic acids is 1. The number of benzene rings is 2. The number of nitrogens with one attached hydrogen (secondary N) is 1. The average Bonchev–Trinajstić information content (AvgIpc) is 2.50. The highest BCUT2D eigenvalue weighted by Gasteiger charge is 2.12. The molecule has 0 aliphatic rings. The third-order valence-electron chi connectivity index (χ3n) is 3.09. The minimum absolute atomic E-state index is 0.103. The van der Waals surface area contributed by atoms with Crippen molar-refractivity contribution in [1.82, 2.24) is 0 Å². The third kappa shape index (κ3) is 5.41. The number of carbonyl (C=O) groups is 1. The Morgan fingerprint density at radius 1 is 1.12 bits per heavy atom. The van der Waals surface area contributed by atoms with Gasteiger partial charge in [-0.05, 0) is 29.8 Å². The van der Waals surface area contributed by atoms with Crippen LogP contribution in [0.1, 0.15) is 5.56 Å². The monoisotopic (exact) mass is 403 g/mol. The van der Waals surface area contributed by atoms with Crippen molar-refractivity contribution in [2.75, 3.05) is 17.3 Å². The second kappa shape index (κ2) is 8.25. The molecule has 1 amide bonds. The van der Waals surface area contributed by atoms with Crippen molar-refractivity contribution < 1.29 is 13.2 Å². The summed E-state index contributed by atoms with van der Waals surface area (Å²) in [7, 11) is -3.37. The number of halogens is 2. The second-order valence-corrected chi connectivity index (χ2v) is 8.86. The van der Waals surface area contributed by atoms with Gasteiger partial charge in [-0.15, -0.1) is 11.8 Å². The molecule has 2 aromatic carbocycles. The SMILES string of the molecule is CS(=O)(=O)c1ccc(Cl)c(NC(=O)CSCc2ccccc2Cl)c1. The number of sulfone groups is 1. The van der Waals surface area contributed by atoms with Crippen LogP contribution in [0.2, 0.25) is 10.0 Å². The molecule has 0 saturated heterocycles. The number of hydrogen-bond donors (Lipinski definition) is 1. The van der Waals surface area contributed by atoms with Gasteiger partial charge in [0.1, 0.15) is 0 Å². The number of hydrogen-bond acceptors (Lipinski definition) is 4. The lowest BCUT2D eigenvalue weighted by atomic mass is 10.2. The molecule has 0 aliphatic heterocycles. The van der Waals surface area contributed by atoms with Crippen molar-refractivity contribution in [3.8, 4) is 0 Å². The highest BCUT2D eigenvalue weighted by Crippen LogP contribution is 2.26. The van der Waals surface area contributed by atoms with E-state index in [0.29, 0.717) is 10.8 Å². The molecule has 0 aromatic heterocycles. The van der Waals surface area contributed by atoms with Crippen LogP contribution in [-0.4, -0.2) is 26.3 Å². The maximum atomic E-state index is 12.0. The Balaban J connectivity index is 1.96. The second-order valence-electron chi connectivity index (χ2n) is 5.05. The summed E-state index contributed by atoms with van der Waals surface area (Å²) in [5, 5.41) is 3.58. The van der Waals surface area contributed by atoms with Gasteiger partial charge in [-0.25, -0.2) is 8.42 Å². The van der Waals surface area contributed by atoms with Crippen LogP contribution in [0.5, 0.6) is 0 Å². The van der Waals surface area contributed by atoms with Crippen molar-refractivity contribution in [1.29, 1.82) is 0 Å². The summed E-state index contributed by atoms with van der Waals surface area (Å²) in [5.74, 6) is 0.536. The van der Waals surface area contributed by atoms with Gasteiger partial charge in [0.05, 0.1) is 21.4 Å². The fourth-order valence-electron chi connectivity index (χ4n) is 1.89. The van der Waals surface area contributed by atoms with Crippen molar-refractivity contribution in [3.63, 3.8) is 0 Å². The third-order valence-corrected chi connectivity index (χ3v) is 5.88. The van der Waals surface area contributed by atoms with Gasteiger partial charge in [0.25, 0.3) is 0 Å². The minimum Gasteiger partial charge on any atom is -0.324 e. The van der Waals surface area contributed by atoms with Gasteiger partial charge in [-0.1, -0.05) is 41.4 Å². The van der Waals surface area contributed by atoms with Crippen LogP contribution in [0.4, 0.5) is 5.69 Å². The van der Waals surface area contributed by atoms with Crippen molar-refractivity contribution in [2.45, 2.75) is 10.6 Å². The number of anilines is 1. The summed E-state index contributed by atoms with van der Waals surface area (Å²) in [6.07, 6.45) is 1.10. The molecule has 4 nitrogen and oxygen atoms in total. The fourth-order valence-corrected chi connectivity index (χ4v) is 3.81. The van der Waals surface area contributed by atoms with Crippen LogP contribution >= 0.6 is 35.0 Å². The Kier molecular flexibility index (Phi) is 6.57. The first kappa shape index (κ1) is 19.1. The van der Waals surface area contributed by atoms with Crippen LogP contribution in [-0.2, 0) is 20.4 Å². The van der Waals surface area contributed by atoms with E-state index < -0.39 is 9.84 Å². The van der Waals surface area contributed by atoms with Gasteiger partial charge >= 0.3 is 0 Å². The molecule has 24 heavy (non-hydrogen) atoms. The predicted molar refractivity (Wildman–Crippen MR) is 101 cm³/mol. The molecule has 1 N–H and O–H groups in total. The molecule has 0 spiro atoms. The Hall–Kier alpha value is -1.21. The molecule has 0 aliphatic carbocycles. The predicted octanol–water partition coefficient (Wildman–Crippen LogP) is 4.27. The number of thioether (sulfide) groups is 1. The van der Waals surface area contributed by atoms with Crippen LogP contribution in [0.25, 0.3) is 0 Å². The standard InChI is InChI=1S/C16H15Cl2NO3S2/c1-24(21,22)12-6-7-14(18)15(8-12)19-16(20)10-23-9-11-4-2-3-5-13(11)17/h2-8H,9-10H2,1H3,(H,19,20). The van der Waals surface area contributed by atoms with Gasteiger partial charge < -0.3 is 5.32 Å². The zero-order valence-corrected chi connectivity index (χ0v) is 15.9. The highest BCUT2D eigenvalue weighted by molar-refractivity contribution is 7.99. The molecular formula is C16H15Cl2NO3S2. The Morgan fingerprint density at radius 3 is 2.50 bits per heavy atom. The minimum atomic E-state index is -3.37. The van der Waals surface area contributed by atoms with Crippen LogP contribution in [0, 0.1) is 0 Å². The van der Waals surface area contributed by atoms with Crippen LogP contribution < -0.4 is 5.32 Å². The molecule has 0 fully saturated rings. The lowest BCUT2D eigenvalue weighted by molar-refractivity contribution is -0.113. The Bertz CT molecular complexity index is 854. The van der Waals surface area contributed by atoms with E-state index in [9.17, 15) is 13.2 Å². The van der Waals surface area contributed by atoms with Gasteiger partial charge in [0.15, 0.2) is 9.84 Å². The van der Waals surface area contributed by atoms with E-state index in [1.54, 1.807) is 6.07 Å². The molecule has 0 saturated carbocycles. The average molecular weight is 404 g/mol.